The maximum atomic E-state index is 14.1. The Labute approximate surface area is 192 Å². The van der Waals surface area contributed by atoms with Gasteiger partial charge in [-0.25, -0.2) is 4.39 Å². The summed E-state index contributed by atoms with van der Waals surface area (Å²) in [5, 5.41) is 6.76. The molecule has 2 heterocycles. The van der Waals surface area contributed by atoms with Crippen LogP contribution in [0.15, 0.2) is 67.4 Å². The number of amides is 2. The topological polar surface area (TPSA) is 69.3 Å². The third-order valence-corrected chi connectivity index (χ3v) is 6.06. The number of aryl methyl sites for hydroxylation is 1. The van der Waals surface area contributed by atoms with Crippen LogP contribution >= 0.6 is 0 Å². The van der Waals surface area contributed by atoms with E-state index in [1.54, 1.807) is 34.1 Å². The summed E-state index contributed by atoms with van der Waals surface area (Å²) in [6.07, 6.45) is 3.72. The van der Waals surface area contributed by atoms with Gasteiger partial charge in [-0.15, -0.1) is 6.58 Å². The molecule has 0 aliphatic carbocycles. The quantitative estimate of drug-likeness (QED) is 0.585. The highest BCUT2D eigenvalue weighted by molar-refractivity contribution is 5.95. The fourth-order valence-electron chi connectivity index (χ4n) is 4.26. The fraction of sp³-hybridized carbons (Fsp3) is 0.269. The van der Waals surface area contributed by atoms with Crippen molar-refractivity contribution in [2.75, 3.05) is 26.2 Å². The van der Waals surface area contributed by atoms with E-state index in [9.17, 15) is 14.0 Å². The van der Waals surface area contributed by atoms with E-state index in [1.165, 1.54) is 12.3 Å². The lowest BCUT2D eigenvalue weighted by atomic mass is 9.95. The van der Waals surface area contributed by atoms with Crippen molar-refractivity contribution in [2.45, 2.75) is 13.3 Å². The smallest absolute Gasteiger partial charge is 0.257 e. The molecule has 33 heavy (non-hydrogen) atoms. The number of hydrogen-bond acceptors (Lipinski definition) is 3. The zero-order valence-electron chi connectivity index (χ0n) is 18.6. The molecule has 0 unspecified atom stereocenters. The van der Waals surface area contributed by atoms with Crippen LogP contribution < -0.4 is 0 Å². The summed E-state index contributed by atoms with van der Waals surface area (Å²) in [5.41, 5.74) is 3.51. The van der Waals surface area contributed by atoms with Gasteiger partial charge in [-0.3, -0.25) is 14.7 Å². The van der Waals surface area contributed by atoms with Crippen molar-refractivity contribution in [3.8, 4) is 11.1 Å². The minimum absolute atomic E-state index is 0.00676. The Kier molecular flexibility index (Phi) is 6.68. The average Bonchev–Trinajstić information content (AvgIpc) is 3.19. The number of halogens is 1. The van der Waals surface area contributed by atoms with Crippen molar-refractivity contribution >= 4 is 11.8 Å². The molecule has 1 atom stereocenters. The van der Waals surface area contributed by atoms with Crippen molar-refractivity contribution in [1.29, 1.82) is 0 Å². The first kappa shape index (κ1) is 22.5. The highest BCUT2D eigenvalue weighted by Gasteiger charge is 2.32. The third kappa shape index (κ3) is 4.87. The van der Waals surface area contributed by atoms with Gasteiger partial charge in [-0.05, 0) is 30.5 Å². The largest absolute Gasteiger partial charge is 0.337 e. The van der Waals surface area contributed by atoms with Crippen LogP contribution in [0.3, 0.4) is 0 Å². The van der Waals surface area contributed by atoms with E-state index in [1.807, 2.05) is 31.2 Å². The van der Waals surface area contributed by atoms with Crippen molar-refractivity contribution < 1.29 is 14.0 Å². The van der Waals surface area contributed by atoms with Crippen LogP contribution in [0.1, 0.15) is 21.6 Å². The number of nitrogens with zero attached hydrogens (tertiary/aromatic N) is 3. The molecule has 1 saturated heterocycles. The Morgan fingerprint density at radius 2 is 1.97 bits per heavy atom. The molecule has 7 heteroatoms. The standard InChI is InChI=1S/C26H27FN4O2/c1-3-12-30-13-14-31(26(33)23-16-28-29-18(23)2)17-21(25(30)32)15-19-8-10-20(11-9-19)22-6-4-5-7-24(22)27/h3-11,16,21H,1,12-15,17H2,2H3,(H,28,29)/t21-/m1/s1. The Hall–Kier alpha value is -3.74. The van der Waals surface area contributed by atoms with E-state index in [2.05, 4.69) is 16.8 Å². The molecule has 0 saturated carbocycles. The molecule has 6 nitrogen and oxygen atoms in total. The van der Waals surface area contributed by atoms with Crippen molar-refractivity contribution in [3.63, 3.8) is 0 Å². The highest BCUT2D eigenvalue weighted by Crippen LogP contribution is 2.25. The van der Waals surface area contributed by atoms with Gasteiger partial charge in [0.15, 0.2) is 0 Å². The van der Waals surface area contributed by atoms with E-state index in [0.29, 0.717) is 49.4 Å². The molecule has 1 aliphatic rings. The van der Waals surface area contributed by atoms with Crippen LogP contribution in [0.2, 0.25) is 0 Å². The van der Waals surface area contributed by atoms with E-state index in [0.717, 1.165) is 11.1 Å². The summed E-state index contributed by atoms with van der Waals surface area (Å²) in [7, 11) is 0. The Bertz CT molecular complexity index is 1160. The van der Waals surface area contributed by atoms with E-state index in [4.69, 9.17) is 0 Å². The predicted octanol–water partition coefficient (Wildman–Crippen LogP) is 3.85. The van der Waals surface area contributed by atoms with Crippen LogP contribution in [0.5, 0.6) is 0 Å². The predicted molar refractivity (Wildman–Crippen MR) is 125 cm³/mol. The number of carbonyl (C=O) groups is 2. The number of aromatic nitrogens is 2. The first-order chi connectivity index (χ1) is 16.0. The van der Waals surface area contributed by atoms with Crippen LogP contribution in [0.4, 0.5) is 4.39 Å². The molecule has 0 bridgehead atoms. The first-order valence-electron chi connectivity index (χ1n) is 11.0. The van der Waals surface area contributed by atoms with E-state index in [-0.39, 0.29) is 23.5 Å². The van der Waals surface area contributed by atoms with Gasteiger partial charge in [-0.1, -0.05) is 48.5 Å². The van der Waals surface area contributed by atoms with Gasteiger partial charge in [0.25, 0.3) is 5.91 Å². The molecular weight excluding hydrogens is 419 g/mol. The number of benzene rings is 2. The molecule has 4 rings (SSSR count). The number of aromatic amines is 1. The Morgan fingerprint density at radius 1 is 1.21 bits per heavy atom. The van der Waals surface area contributed by atoms with Crippen LogP contribution in [-0.4, -0.2) is 58.0 Å². The van der Waals surface area contributed by atoms with Gasteiger partial charge >= 0.3 is 0 Å². The van der Waals surface area contributed by atoms with Crippen molar-refractivity contribution in [3.05, 3.63) is 90.0 Å². The van der Waals surface area contributed by atoms with E-state index < -0.39 is 0 Å². The lowest BCUT2D eigenvalue weighted by molar-refractivity contribution is -0.134. The van der Waals surface area contributed by atoms with Gasteiger partial charge in [-0.2, -0.15) is 5.10 Å². The number of rotatable bonds is 6. The molecule has 1 N–H and O–H groups in total. The normalized spacial score (nSPS) is 16.5. The van der Waals surface area contributed by atoms with Gasteiger partial charge in [0.2, 0.25) is 5.91 Å². The summed E-state index contributed by atoms with van der Waals surface area (Å²) in [6, 6.07) is 14.2. The zero-order chi connectivity index (χ0) is 23.4. The van der Waals surface area contributed by atoms with Crippen LogP contribution in [-0.2, 0) is 11.2 Å². The molecule has 2 amide bonds. The Morgan fingerprint density at radius 3 is 2.64 bits per heavy atom. The van der Waals surface area contributed by atoms with Gasteiger partial charge in [0.1, 0.15) is 5.82 Å². The number of carbonyl (C=O) groups excluding carboxylic acids is 2. The number of hydrogen-bond donors (Lipinski definition) is 1. The number of nitrogens with one attached hydrogen (secondary N) is 1. The van der Waals surface area contributed by atoms with Crippen LogP contribution in [0.25, 0.3) is 11.1 Å². The molecule has 170 valence electrons. The molecular formula is C26H27FN4O2. The second kappa shape index (κ2) is 9.81. The molecule has 0 spiro atoms. The maximum absolute atomic E-state index is 14.1. The minimum atomic E-state index is -0.386. The van der Waals surface area contributed by atoms with E-state index >= 15 is 0 Å². The van der Waals surface area contributed by atoms with Crippen LogP contribution in [0, 0.1) is 18.7 Å². The summed E-state index contributed by atoms with van der Waals surface area (Å²) >= 11 is 0. The van der Waals surface area contributed by atoms with Gasteiger partial charge < -0.3 is 9.80 Å². The second-order valence-corrected chi connectivity index (χ2v) is 8.31. The summed E-state index contributed by atoms with van der Waals surface area (Å²) in [4.78, 5) is 29.9. The SMILES string of the molecule is C=CCN1CCN(C(=O)c2cn[nH]c2C)C[C@@H](Cc2ccc(-c3ccccc3F)cc2)C1=O. The molecule has 1 fully saturated rings. The molecule has 1 aromatic heterocycles. The average molecular weight is 447 g/mol. The molecule has 1 aliphatic heterocycles. The monoisotopic (exact) mass is 446 g/mol. The number of H-pyrrole nitrogens is 1. The molecule has 0 radical (unpaired) electrons. The highest BCUT2D eigenvalue weighted by atomic mass is 19.1. The molecule has 2 aromatic carbocycles. The Balaban J connectivity index is 1.56. The minimum Gasteiger partial charge on any atom is -0.337 e. The first-order valence-corrected chi connectivity index (χ1v) is 11.0. The maximum Gasteiger partial charge on any atom is 0.257 e. The third-order valence-electron chi connectivity index (χ3n) is 6.06. The zero-order valence-corrected chi connectivity index (χ0v) is 18.6. The lowest BCUT2D eigenvalue weighted by Gasteiger charge is -2.23. The van der Waals surface area contributed by atoms with Gasteiger partial charge in [0, 0.05) is 37.4 Å². The summed E-state index contributed by atoms with van der Waals surface area (Å²) in [6.45, 7) is 7.24. The second-order valence-electron chi connectivity index (χ2n) is 8.31. The summed E-state index contributed by atoms with van der Waals surface area (Å²) < 4.78 is 14.1. The fourth-order valence-corrected chi connectivity index (χ4v) is 4.26. The lowest BCUT2D eigenvalue weighted by Crippen LogP contribution is -2.38. The summed E-state index contributed by atoms with van der Waals surface area (Å²) in [5.74, 6) is -0.780. The van der Waals surface area contributed by atoms with Crippen molar-refractivity contribution in [2.24, 2.45) is 5.92 Å². The van der Waals surface area contributed by atoms with Gasteiger partial charge in [0.05, 0.1) is 17.7 Å². The molecule has 3 aromatic rings. The van der Waals surface area contributed by atoms with Crippen molar-refractivity contribution in [1.82, 2.24) is 20.0 Å².